The Morgan fingerprint density at radius 2 is 1.90 bits per heavy atom. The number of nitrogens with one attached hydrogen (secondary N) is 1. The van der Waals surface area contributed by atoms with Crippen LogP contribution in [0.25, 0.3) is 17.1 Å². The van der Waals surface area contributed by atoms with Gasteiger partial charge in [0.05, 0.1) is 5.69 Å². The van der Waals surface area contributed by atoms with Crippen LogP contribution in [-0.2, 0) is 0 Å². The predicted molar refractivity (Wildman–Crippen MR) is 91.9 cm³/mol. The van der Waals surface area contributed by atoms with Gasteiger partial charge in [-0.25, -0.2) is 0 Å². The molecule has 1 heterocycles. The average Bonchev–Trinajstić information content (AvgIpc) is 2.82. The van der Waals surface area contributed by atoms with Crippen molar-refractivity contribution in [1.82, 2.24) is 14.8 Å². The molecule has 0 fully saturated rings. The molecule has 0 spiro atoms. The number of hydrogen-bond acceptors (Lipinski definition) is 2. The normalized spacial score (nSPS) is 10.7. The van der Waals surface area contributed by atoms with E-state index in [0.717, 1.165) is 17.1 Å². The first kappa shape index (κ1) is 13.8. The van der Waals surface area contributed by atoms with Gasteiger partial charge in [-0.1, -0.05) is 23.7 Å². The first-order valence-corrected chi connectivity index (χ1v) is 7.71. The lowest BCUT2D eigenvalue weighted by Crippen LogP contribution is -1.97. The standard InChI is InChI=1S/C14H9ClIN3S/c15-10-3-1-2-9(8-10)13-17-18-14(20)19(13)12-6-4-11(16)5-7-12/h1-8H,(H,18,20). The zero-order chi connectivity index (χ0) is 14.1. The molecule has 20 heavy (non-hydrogen) atoms. The number of H-pyrrole nitrogens is 1. The third-order valence-corrected chi connectivity index (χ3v) is 4.07. The van der Waals surface area contributed by atoms with E-state index < -0.39 is 0 Å². The predicted octanol–water partition coefficient (Wildman–Crippen LogP) is 4.85. The molecule has 0 amide bonds. The average molecular weight is 414 g/mol. The van der Waals surface area contributed by atoms with Crippen molar-refractivity contribution in [2.24, 2.45) is 0 Å². The highest BCUT2D eigenvalue weighted by atomic mass is 127. The van der Waals surface area contributed by atoms with E-state index in [1.54, 1.807) is 0 Å². The Bertz CT molecular complexity index is 808. The molecule has 0 saturated carbocycles. The van der Waals surface area contributed by atoms with Gasteiger partial charge in [0.15, 0.2) is 10.6 Å². The number of benzene rings is 2. The molecule has 2 aromatic carbocycles. The van der Waals surface area contributed by atoms with Crippen LogP contribution in [0.1, 0.15) is 0 Å². The van der Waals surface area contributed by atoms with Gasteiger partial charge in [0.1, 0.15) is 0 Å². The van der Waals surface area contributed by atoms with E-state index in [0.29, 0.717) is 9.79 Å². The van der Waals surface area contributed by atoms with Crippen molar-refractivity contribution in [2.75, 3.05) is 0 Å². The van der Waals surface area contributed by atoms with Gasteiger partial charge >= 0.3 is 0 Å². The van der Waals surface area contributed by atoms with Gasteiger partial charge in [-0.05, 0) is 71.2 Å². The lowest BCUT2D eigenvalue weighted by Gasteiger charge is -2.07. The second kappa shape index (κ2) is 5.67. The molecule has 0 radical (unpaired) electrons. The second-order valence-electron chi connectivity index (χ2n) is 4.17. The van der Waals surface area contributed by atoms with E-state index in [9.17, 15) is 0 Å². The van der Waals surface area contributed by atoms with Gasteiger partial charge in [-0.2, -0.15) is 5.10 Å². The molecule has 0 unspecified atom stereocenters. The fourth-order valence-corrected chi connectivity index (χ4v) is 2.74. The van der Waals surface area contributed by atoms with E-state index >= 15 is 0 Å². The largest absolute Gasteiger partial charge is 0.268 e. The molecule has 0 aliphatic heterocycles. The summed E-state index contributed by atoms with van der Waals surface area (Å²) in [6.07, 6.45) is 0. The monoisotopic (exact) mass is 413 g/mol. The highest BCUT2D eigenvalue weighted by Crippen LogP contribution is 2.24. The van der Waals surface area contributed by atoms with Gasteiger partial charge in [0, 0.05) is 14.2 Å². The summed E-state index contributed by atoms with van der Waals surface area (Å²) in [5.74, 6) is 0.749. The van der Waals surface area contributed by atoms with Crippen LogP contribution in [0.3, 0.4) is 0 Å². The van der Waals surface area contributed by atoms with E-state index in [1.165, 1.54) is 3.57 Å². The molecule has 3 nitrogen and oxygen atoms in total. The van der Waals surface area contributed by atoms with E-state index in [4.69, 9.17) is 23.8 Å². The smallest absolute Gasteiger partial charge is 0.200 e. The van der Waals surface area contributed by atoms with Gasteiger partial charge in [0.25, 0.3) is 0 Å². The summed E-state index contributed by atoms with van der Waals surface area (Å²) in [6, 6.07) is 15.7. The highest BCUT2D eigenvalue weighted by molar-refractivity contribution is 14.1. The molecule has 0 aliphatic rings. The molecular weight excluding hydrogens is 405 g/mol. The number of nitrogens with zero attached hydrogens (tertiary/aromatic N) is 2. The van der Waals surface area contributed by atoms with Gasteiger partial charge in [-0.3, -0.25) is 9.67 Å². The Balaban J connectivity index is 2.20. The number of aromatic amines is 1. The lowest BCUT2D eigenvalue weighted by molar-refractivity contribution is 1.04. The molecule has 100 valence electrons. The molecule has 1 N–H and O–H groups in total. The maximum Gasteiger partial charge on any atom is 0.200 e. The van der Waals surface area contributed by atoms with Crippen molar-refractivity contribution in [3.63, 3.8) is 0 Å². The molecular formula is C14H9ClIN3S. The number of hydrogen-bond donors (Lipinski definition) is 1. The molecule has 3 rings (SSSR count). The quantitative estimate of drug-likeness (QED) is 0.481. The zero-order valence-electron chi connectivity index (χ0n) is 10.2. The summed E-state index contributed by atoms with van der Waals surface area (Å²) < 4.78 is 3.63. The Morgan fingerprint density at radius 3 is 2.60 bits per heavy atom. The molecule has 6 heteroatoms. The van der Waals surface area contributed by atoms with Crippen molar-refractivity contribution in [3.8, 4) is 17.1 Å². The van der Waals surface area contributed by atoms with Crippen LogP contribution in [0.4, 0.5) is 0 Å². The molecule has 3 aromatic rings. The zero-order valence-corrected chi connectivity index (χ0v) is 13.9. The lowest BCUT2D eigenvalue weighted by atomic mass is 10.2. The number of halogens is 2. The molecule has 0 saturated heterocycles. The minimum absolute atomic E-state index is 0.557. The minimum Gasteiger partial charge on any atom is -0.268 e. The topological polar surface area (TPSA) is 33.6 Å². The summed E-state index contributed by atoms with van der Waals surface area (Å²) in [7, 11) is 0. The van der Waals surface area contributed by atoms with Crippen LogP contribution in [0.2, 0.25) is 5.02 Å². The van der Waals surface area contributed by atoms with Crippen LogP contribution in [0.5, 0.6) is 0 Å². The summed E-state index contributed by atoms with van der Waals surface area (Å²) in [6.45, 7) is 0. The van der Waals surface area contributed by atoms with Gasteiger partial charge < -0.3 is 0 Å². The second-order valence-corrected chi connectivity index (χ2v) is 6.24. The third kappa shape index (κ3) is 2.65. The fraction of sp³-hybridized carbons (Fsp3) is 0. The van der Waals surface area contributed by atoms with Crippen molar-refractivity contribution < 1.29 is 0 Å². The molecule has 1 aromatic heterocycles. The first-order valence-electron chi connectivity index (χ1n) is 5.84. The minimum atomic E-state index is 0.557. The first-order chi connectivity index (χ1) is 9.65. The molecule has 0 atom stereocenters. The summed E-state index contributed by atoms with van der Waals surface area (Å²) in [5.41, 5.74) is 1.89. The van der Waals surface area contributed by atoms with E-state index in [-0.39, 0.29) is 0 Å². The highest BCUT2D eigenvalue weighted by Gasteiger charge is 2.10. The van der Waals surface area contributed by atoms with Crippen LogP contribution < -0.4 is 0 Å². The van der Waals surface area contributed by atoms with Crippen molar-refractivity contribution in [1.29, 1.82) is 0 Å². The van der Waals surface area contributed by atoms with Gasteiger partial charge in [-0.15, -0.1) is 0 Å². The maximum absolute atomic E-state index is 6.05. The van der Waals surface area contributed by atoms with Crippen molar-refractivity contribution >= 4 is 46.4 Å². The number of aromatic nitrogens is 3. The van der Waals surface area contributed by atoms with Gasteiger partial charge in [0.2, 0.25) is 0 Å². The number of rotatable bonds is 2. The van der Waals surface area contributed by atoms with Crippen LogP contribution in [0.15, 0.2) is 48.5 Å². The third-order valence-electron chi connectivity index (χ3n) is 2.84. The summed E-state index contributed by atoms with van der Waals surface area (Å²) in [5, 5.41) is 7.82. The Kier molecular flexibility index (Phi) is 3.91. The Morgan fingerprint density at radius 1 is 1.15 bits per heavy atom. The summed E-state index contributed by atoms with van der Waals surface area (Å²) in [4.78, 5) is 0. The Hall–Kier alpha value is -1.18. The Labute approximate surface area is 139 Å². The SMILES string of the molecule is S=c1[nH]nc(-c2cccc(Cl)c2)n1-c1ccc(I)cc1. The van der Waals surface area contributed by atoms with Crippen LogP contribution in [0, 0.1) is 8.34 Å². The summed E-state index contributed by atoms with van der Waals surface area (Å²) >= 11 is 13.6. The van der Waals surface area contributed by atoms with Crippen molar-refractivity contribution in [2.45, 2.75) is 0 Å². The van der Waals surface area contributed by atoms with E-state index in [1.807, 2.05) is 53.1 Å². The molecule has 0 aliphatic carbocycles. The van der Waals surface area contributed by atoms with Crippen molar-refractivity contribution in [3.05, 3.63) is 61.9 Å². The van der Waals surface area contributed by atoms with Crippen LogP contribution >= 0.6 is 46.4 Å². The van der Waals surface area contributed by atoms with E-state index in [2.05, 4.69) is 32.8 Å². The van der Waals surface area contributed by atoms with Crippen LogP contribution in [-0.4, -0.2) is 14.8 Å². The fourth-order valence-electron chi connectivity index (χ4n) is 1.95. The molecule has 0 bridgehead atoms. The maximum atomic E-state index is 6.05.